The number of nitrogens with one attached hydrogen (secondary N) is 1. The Balaban J connectivity index is 1.09. The number of nitrogens with zero attached hydrogens (tertiary/aromatic N) is 3. The summed E-state index contributed by atoms with van der Waals surface area (Å²) in [5.74, 6) is 2.34. The normalized spacial score (nSPS) is 28.2. The van der Waals surface area contributed by atoms with Gasteiger partial charge in [0.25, 0.3) is 5.91 Å². The van der Waals surface area contributed by atoms with Crippen molar-refractivity contribution < 1.29 is 14.3 Å². The minimum Gasteiger partial charge on any atom is -0.493 e. The van der Waals surface area contributed by atoms with E-state index < -0.39 is 0 Å². The number of carbonyl (C=O) groups is 1. The molecule has 7 heteroatoms. The lowest BCUT2D eigenvalue weighted by atomic mass is 9.51. The molecule has 0 saturated carbocycles. The molecule has 5 aliphatic rings. The van der Waals surface area contributed by atoms with Gasteiger partial charge in [-0.25, -0.2) is 0 Å². The van der Waals surface area contributed by atoms with Gasteiger partial charge in [-0.05, 0) is 80.9 Å². The van der Waals surface area contributed by atoms with Crippen LogP contribution in [0, 0.1) is 19.8 Å². The van der Waals surface area contributed by atoms with Gasteiger partial charge in [-0.15, -0.1) is 0 Å². The minimum atomic E-state index is -0.107. The number of benzene rings is 2. The summed E-state index contributed by atoms with van der Waals surface area (Å²) in [7, 11) is 4.02. The zero-order chi connectivity index (χ0) is 28.0. The maximum Gasteiger partial charge on any atom is 0.270 e. The molecule has 41 heavy (non-hydrogen) atoms. The number of hydrogen-bond acceptors (Lipinski definition) is 5. The number of H-pyrrole nitrogens is 1. The summed E-state index contributed by atoms with van der Waals surface area (Å²) >= 11 is 0. The average molecular weight is 553 g/mol. The molecule has 2 aliphatic carbocycles. The highest BCUT2D eigenvalue weighted by Gasteiger charge is 2.65. The Morgan fingerprint density at radius 1 is 1.05 bits per heavy atom. The minimum absolute atomic E-state index is 0.0686. The number of piperazine rings is 1. The first-order chi connectivity index (χ1) is 19.9. The second-order valence-corrected chi connectivity index (χ2v) is 13.1. The first-order valence-electron chi connectivity index (χ1n) is 15.2. The van der Waals surface area contributed by atoms with Crippen molar-refractivity contribution >= 4 is 5.91 Å². The Labute approximate surface area is 242 Å². The first kappa shape index (κ1) is 25.4. The molecule has 2 saturated heterocycles. The van der Waals surface area contributed by atoms with Crippen LogP contribution in [0.2, 0.25) is 0 Å². The molecular weight excluding hydrogens is 512 g/mol. The number of aryl methyl sites for hydroxylation is 1. The molecule has 1 spiro atoms. The van der Waals surface area contributed by atoms with E-state index in [-0.39, 0.29) is 17.4 Å². The lowest BCUT2D eigenvalue weighted by Gasteiger charge is -2.57. The van der Waals surface area contributed by atoms with Gasteiger partial charge in [-0.3, -0.25) is 9.69 Å². The lowest BCUT2D eigenvalue weighted by Crippen LogP contribution is -2.62. The van der Waals surface area contributed by atoms with E-state index in [1.165, 1.54) is 27.8 Å². The highest BCUT2D eigenvalue weighted by molar-refractivity contribution is 5.94. The molecule has 7 nitrogen and oxygen atoms in total. The van der Waals surface area contributed by atoms with Crippen molar-refractivity contribution in [3.63, 3.8) is 0 Å². The van der Waals surface area contributed by atoms with Gasteiger partial charge in [0, 0.05) is 49.7 Å². The van der Waals surface area contributed by atoms with E-state index in [0.29, 0.717) is 12.0 Å². The number of fused-ring (bicyclic) bond motifs is 2. The summed E-state index contributed by atoms with van der Waals surface area (Å²) < 4.78 is 12.7. The zero-order valence-electron chi connectivity index (χ0n) is 24.6. The van der Waals surface area contributed by atoms with Crippen LogP contribution in [0.5, 0.6) is 11.5 Å². The molecular formula is C34H40N4O3. The van der Waals surface area contributed by atoms with Crippen LogP contribution in [-0.2, 0) is 24.8 Å². The summed E-state index contributed by atoms with van der Waals surface area (Å²) in [5.41, 5.74) is 9.62. The number of likely N-dealkylation sites (N-methyl/N-ethyl adjacent to an activating group) is 1. The van der Waals surface area contributed by atoms with Crippen LogP contribution in [0.4, 0.5) is 0 Å². The predicted octanol–water partition coefficient (Wildman–Crippen LogP) is 4.40. The Morgan fingerprint density at radius 2 is 1.83 bits per heavy atom. The van der Waals surface area contributed by atoms with Gasteiger partial charge in [-0.1, -0.05) is 35.9 Å². The van der Waals surface area contributed by atoms with Crippen molar-refractivity contribution in [2.45, 2.75) is 57.2 Å². The van der Waals surface area contributed by atoms with Gasteiger partial charge in [-0.2, -0.15) is 0 Å². The van der Waals surface area contributed by atoms with Crippen molar-refractivity contribution in [1.29, 1.82) is 0 Å². The Kier molecular flexibility index (Phi) is 5.64. The third-order valence-corrected chi connectivity index (χ3v) is 11.1. The maximum atomic E-state index is 14.0. The number of methoxy groups -OCH3 is 1. The van der Waals surface area contributed by atoms with E-state index in [9.17, 15) is 4.79 Å². The molecule has 1 aromatic heterocycles. The van der Waals surface area contributed by atoms with E-state index in [2.05, 4.69) is 72.1 Å². The molecule has 1 unspecified atom stereocenters. The van der Waals surface area contributed by atoms with Crippen LogP contribution in [0.15, 0.2) is 36.4 Å². The summed E-state index contributed by atoms with van der Waals surface area (Å²) in [6, 6.07) is 13.6. The van der Waals surface area contributed by atoms with Gasteiger partial charge >= 0.3 is 0 Å². The fraction of sp³-hybridized carbons (Fsp3) is 0.500. The molecule has 0 radical (unpaired) electrons. The van der Waals surface area contributed by atoms with Crippen molar-refractivity contribution in [3.8, 4) is 11.5 Å². The number of amides is 1. The van der Waals surface area contributed by atoms with E-state index in [1.54, 1.807) is 7.11 Å². The topological polar surface area (TPSA) is 61.0 Å². The summed E-state index contributed by atoms with van der Waals surface area (Å²) in [5, 5.41) is 0. The van der Waals surface area contributed by atoms with E-state index >= 15 is 0 Å². The number of hydrogen-bond donors (Lipinski definition) is 1. The van der Waals surface area contributed by atoms with Crippen molar-refractivity contribution in [1.82, 2.24) is 19.7 Å². The molecule has 2 fully saturated rings. The zero-order valence-corrected chi connectivity index (χ0v) is 24.6. The number of carbonyl (C=O) groups excluding carboxylic acids is 1. The highest BCUT2D eigenvalue weighted by atomic mass is 16.5. The van der Waals surface area contributed by atoms with Gasteiger partial charge in [0.05, 0.1) is 12.8 Å². The van der Waals surface area contributed by atoms with Crippen LogP contribution in [0.3, 0.4) is 0 Å². The number of aromatic nitrogens is 1. The van der Waals surface area contributed by atoms with Crippen LogP contribution < -0.4 is 9.47 Å². The molecule has 3 aromatic rings. The second kappa shape index (κ2) is 9.10. The molecule has 1 N–H and O–H groups in total. The molecule has 8 rings (SSSR count). The van der Waals surface area contributed by atoms with E-state index in [0.717, 1.165) is 87.0 Å². The SMILES string of the molecule is COc1ccc2c3c1O[C@H]1c4[nH]c(C(=O)N5CCN(Cc6ccc(C)cc6)CC5)c(C)c4CC4[C@@H](C2)N(C)CC[C@@]341. The summed E-state index contributed by atoms with van der Waals surface area (Å²) in [6.07, 6.45) is 2.99. The largest absolute Gasteiger partial charge is 0.493 e. The predicted molar refractivity (Wildman–Crippen MR) is 158 cm³/mol. The maximum absolute atomic E-state index is 14.0. The van der Waals surface area contributed by atoms with Crippen LogP contribution >= 0.6 is 0 Å². The van der Waals surface area contributed by atoms with E-state index in [1.807, 2.05) is 4.90 Å². The highest BCUT2D eigenvalue weighted by Crippen LogP contribution is 2.67. The molecule has 4 atom stereocenters. The Hall–Kier alpha value is -3.29. The molecule has 214 valence electrons. The quantitative estimate of drug-likeness (QED) is 0.520. The van der Waals surface area contributed by atoms with Crippen LogP contribution in [0.1, 0.15) is 62.1 Å². The average Bonchev–Trinajstić information content (AvgIpc) is 3.50. The van der Waals surface area contributed by atoms with Crippen molar-refractivity contribution in [2.24, 2.45) is 5.92 Å². The van der Waals surface area contributed by atoms with E-state index in [4.69, 9.17) is 9.47 Å². The standard InChI is InChI=1S/C34H40N4O3/c1-20-5-7-22(8-6-20)19-37-13-15-38(16-14-37)33(39)29-21(2)24-18-25-26-17-23-9-10-27(40-4)31-28(23)34(25,11-12-36(26)3)32(41-31)30(24)35-29/h5-10,25-26,32,35H,11-19H2,1-4H3/t25?,26-,32+,34+/m1/s1. The Morgan fingerprint density at radius 3 is 2.59 bits per heavy atom. The monoisotopic (exact) mass is 552 g/mol. The third kappa shape index (κ3) is 3.54. The number of rotatable bonds is 4. The number of aromatic amines is 1. The lowest BCUT2D eigenvalue weighted by molar-refractivity contribution is -0.0256. The molecule has 2 bridgehead atoms. The first-order valence-corrected chi connectivity index (χ1v) is 15.2. The fourth-order valence-electron chi connectivity index (χ4n) is 8.87. The number of piperidine rings is 1. The molecule has 4 heterocycles. The second-order valence-electron chi connectivity index (χ2n) is 13.1. The van der Waals surface area contributed by atoms with Crippen molar-refractivity contribution in [3.05, 3.63) is 81.2 Å². The number of ether oxygens (including phenoxy) is 2. The molecule has 3 aliphatic heterocycles. The molecule has 1 amide bonds. The van der Waals surface area contributed by atoms with Gasteiger partial charge in [0.15, 0.2) is 11.5 Å². The third-order valence-electron chi connectivity index (χ3n) is 11.1. The van der Waals surface area contributed by atoms with Gasteiger partial charge in [0.2, 0.25) is 0 Å². The Bertz CT molecular complexity index is 1540. The van der Waals surface area contributed by atoms with Crippen LogP contribution in [0.25, 0.3) is 0 Å². The van der Waals surface area contributed by atoms with Gasteiger partial charge < -0.3 is 24.3 Å². The fourth-order valence-corrected chi connectivity index (χ4v) is 8.87. The van der Waals surface area contributed by atoms with Gasteiger partial charge in [0.1, 0.15) is 11.8 Å². The number of likely N-dealkylation sites (tertiary alicyclic amines) is 1. The molecule has 2 aromatic carbocycles. The summed E-state index contributed by atoms with van der Waals surface area (Å²) in [4.78, 5) is 24.7. The van der Waals surface area contributed by atoms with Crippen LogP contribution in [-0.4, -0.2) is 78.5 Å². The van der Waals surface area contributed by atoms with Crippen molar-refractivity contribution in [2.75, 3.05) is 46.9 Å². The summed E-state index contributed by atoms with van der Waals surface area (Å²) in [6.45, 7) is 9.54. The smallest absolute Gasteiger partial charge is 0.270 e.